The molecule has 1 aliphatic carbocycles. The number of carbonyl (C=O) groups excluding carboxylic acids is 1. The molecule has 1 aromatic rings. The number of aliphatic carboxylic acids is 1. The van der Waals surface area contributed by atoms with Gasteiger partial charge in [-0.25, -0.2) is 9.59 Å². The van der Waals surface area contributed by atoms with Gasteiger partial charge in [0, 0.05) is 12.0 Å². The molecular formula is C13H16N2O4. The first-order valence-electron chi connectivity index (χ1n) is 6.07. The third-order valence-electron chi connectivity index (χ3n) is 3.12. The molecule has 2 rings (SSSR count). The van der Waals surface area contributed by atoms with Crippen LogP contribution in [0.3, 0.4) is 0 Å². The molecule has 0 heterocycles. The van der Waals surface area contributed by atoms with Gasteiger partial charge in [0.05, 0.1) is 6.61 Å². The van der Waals surface area contributed by atoms with Crippen molar-refractivity contribution in [2.24, 2.45) is 0 Å². The van der Waals surface area contributed by atoms with Crippen LogP contribution in [0.1, 0.15) is 17.9 Å². The van der Waals surface area contributed by atoms with E-state index in [1.54, 1.807) is 0 Å². The lowest BCUT2D eigenvalue weighted by molar-refractivity contribution is -0.140. The number of benzene rings is 1. The smallest absolute Gasteiger partial charge is 0.328 e. The SMILES string of the molecule is O=C(NC1CC1c1ccccc1)N[C@H](CO)C(=O)O. The van der Waals surface area contributed by atoms with E-state index in [0.717, 1.165) is 12.0 Å². The van der Waals surface area contributed by atoms with Crippen molar-refractivity contribution in [2.75, 3.05) is 6.61 Å². The summed E-state index contributed by atoms with van der Waals surface area (Å²) in [6.07, 6.45) is 0.842. The first kappa shape index (κ1) is 13.4. The number of hydrogen-bond donors (Lipinski definition) is 4. The number of carbonyl (C=O) groups is 2. The van der Waals surface area contributed by atoms with Gasteiger partial charge < -0.3 is 20.8 Å². The van der Waals surface area contributed by atoms with Gasteiger partial charge in [-0.2, -0.15) is 0 Å². The van der Waals surface area contributed by atoms with E-state index in [9.17, 15) is 9.59 Å². The largest absolute Gasteiger partial charge is 0.480 e. The Balaban J connectivity index is 1.81. The first-order chi connectivity index (χ1) is 9.11. The third kappa shape index (κ3) is 3.45. The molecule has 1 saturated carbocycles. The van der Waals surface area contributed by atoms with Crippen LogP contribution in [0.2, 0.25) is 0 Å². The van der Waals surface area contributed by atoms with Crippen LogP contribution < -0.4 is 10.6 Å². The predicted molar refractivity (Wildman–Crippen MR) is 67.8 cm³/mol. The van der Waals surface area contributed by atoms with E-state index < -0.39 is 24.6 Å². The number of hydrogen-bond acceptors (Lipinski definition) is 3. The summed E-state index contributed by atoms with van der Waals surface area (Å²) in [6, 6.07) is 8.00. The molecule has 0 spiro atoms. The summed E-state index contributed by atoms with van der Waals surface area (Å²) in [5, 5.41) is 22.4. The molecule has 3 atom stereocenters. The Bertz CT molecular complexity index is 463. The van der Waals surface area contributed by atoms with Crippen LogP contribution in [0, 0.1) is 0 Å². The lowest BCUT2D eigenvalue weighted by Gasteiger charge is -2.12. The maximum atomic E-state index is 11.5. The molecule has 1 fully saturated rings. The second kappa shape index (κ2) is 5.71. The summed E-state index contributed by atoms with van der Waals surface area (Å²) in [7, 11) is 0. The van der Waals surface area contributed by atoms with Crippen LogP contribution in [0.15, 0.2) is 30.3 Å². The summed E-state index contributed by atoms with van der Waals surface area (Å²) >= 11 is 0. The Morgan fingerprint density at radius 1 is 1.32 bits per heavy atom. The fourth-order valence-electron chi connectivity index (χ4n) is 1.98. The minimum Gasteiger partial charge on any atom is -0.480 e. The van der Waals surface area contributed by atoms with Gasteiger partial charge in [-0.05, 0) is 12.0 Å². The summed E-state index contributed by atoms with van der Waals surface area (Å²) in [5.41, 5.74) is 1.16. The molecule has 0 saturated heterocycles. The third-order valence-corrected chi connectivity index (χ3v) is 3.12. The highest BCUT2D eigenvalue weighted by Crippen LogP contribution is 2.40. The minimum absolute atomic E-state index is 0.0236. The number of rotatable bonds is 5. The van der Waals surface area contributed by atoms with Gasteiger partial charge in [0.1, 0.15) is 0 Å². The zero-order valence-corrected chi connectivity index (χ0v) is 10.2. The van der Waals surface area contributed by atoms with Crippen LogP contribution in [0.25, 0.3) is 0 Å². The summed E-state index contributed by atoms with van der Waals surface area (Å²) in [5.74, 6) is -0.975. The molecule has 2 amide bonds. The summed E-state index contributed by atoms with van der Waals surface area (Å²) in [6.45, 7) is -0.629. The highest BCUT2D eigenvalue weighted by Gasteiger charge is 2.39. The van der Waals surface area contributed by atoms with E-state index in [1.807, 2.05) is 30.3 Å². The maximum Gasteiger partial charge on any atom is 0.328 e. The summed E-state index contributed by atoms with van der Waals surface area (Å²) < 4.78 is 0. The number of amides is 2. The molecule has 4 N–H and O–H groups in total. The molecular weight excluding hydrogens is 248 g/mol. The van der Waals surface area contributed by atoms with Gasteiger partial charge in [0.2, 0.25) is 0 Å². The van der Waals surface area contributed by atoms with Crippen LogP contribution in [0.4, 0.5) is 4.79 Å². The highest BCUT2D eigenvalue weighted by molar-refractivity contribution is 5.83. The van der Waals surface area contributed by atoms with Gasteiger partial charge in [0.15, 0.2) is 6.04 Å². The quantitative estimate of drug-likeness (QED) is 0.614. The van der Waals surface area contributed by atoms with E-state index in [0.29, 0.717) is 0 Å². The fourth-order valence-corrected chi connectivity index (χ4v) is 1.98. The lowest BCUT2D eigenvalue weighted by atomic mass is 10.1. The molecule has 19 heavy (non-hydrogen) atoms. The standard InChI is InChI=1S/C13H16N2O4/c16-7-11(12(17)18)15-13(19)14-10-6-9(10)8-4-2-1-3-5-8/h1-5,9-11,16H,6-7H2,(H,17,18)(H2,14,15,19)/t9?,10?,11-/m1/s1. The molecule has 2 unspecified atom stereocenters. The Labute approximate surface area is 110 Å². The zero-order chi connectivity index (χ0) is 13.8. The van der Waals surface area contributed by atoms with Gasteiger partial charge in [-0.15, -0.1) is 0 Å². The Morgan fingerprint density at radius 2 is 2.00 bits per heavy atom. The molecule has 1 aromatic carbocycles. The van der Waals surface area contributed by atoms with Crippen molar-refractivity contribution in [3.8, 4) is 0 Å². The predicted octanol–water partition coefficient (Wildman–Crippen LogP) is 0.287. The van der Waals surface area contributed by atoms with E-state index in [4.69, 9.17) is 10.2 Å². The van der Waals surface area contributed by atoms with E-state index >= 15 is 0 Å². The molecule has 0 aromatic heterocycles. The number of nitrogens with one attached hydrogen (secondary N) is 2. The van der Waals surface area contributed by atoms with Crippen LogP contribution in [0.5, 0.6) is 0 Å². The molecule has 0 bridgehead atoms. The minimum atomic E-state index is -1.27. The van der Waals surface area contributed by atoms with Crippen LogP contribution in [-0.4, -0.2) is 40.9 Å². The van der Waals surface area contributed by atoms with Crippen molar-refractivity contribution in [1.29, 1.82) is 0 Å². The molecule has 102 valence electrons. The maximum absolute atomic E-state index is 11.5. The van der Waals surface area contributed by atoms with Crippen LogP contribution in [-0.2, 0) is 4.79 Å². The van der Waals surface area contributed by atoms with Gasteiger partial charge in [0.25, 0.3) is 0 Å². The van der Waals surface area contributed by atoms with E-state index in [-0.39, 0.29) is 12.0 Å². The normalized spacial score (nSPS) is 22.4. The number of urea groups is 1. The number of carboxylic acid groups (broad SMARTS) is 1. The van der Waals surface area contributed by atoms with Gasteiger partial charge in [-0.3, -0.25) is 0 Å². The van der Waals surface area contributed by atoms with Crippen LogP contribution >= 0.6 is 0 Å². The number of carboxylic acids is 1. The Kier molecular flexibility index (Phi) is 4.01. The molecule has 0 aliphatic heterocycles. The molecule has 0 radical (unpaired) electrons. The highest BCUT2D eigenvalue weighted by atomic mass is 16.4. The number of aliphatic hydroxyl groups excluding tert-OH is 1. The van der Waals surface area contributed by atoms with Gasteiger partial charge in [-0.1, -0.05) is 30.3 Å². The Hall–Kier alpha value is -2.08. The second-order valence-corrected chi connectivity index (χ2v) is 4.55. The number of aliphatic hydroxyl groups is 1. The molecule has 6 nitrogen and oxygen atoms in total. The van der Waals surface area contributed by atoms with Crippen molar-refractivity contribution in [3.05, 3.63) is 35.9 Å². The van der Waals surface area contributed by atoms with Crippen molar-refractivity contribution in [1.82, 2.24) is 10.6 Å². The zero-order valence-electron chi connectivity index (χ0n) is 10.2. The van der Waals surface area contributed by atoms with Crippen molar-refractivity contribution < 1.29 is 19.8 Å². The molecule has 1 aliphatic rings. The fraction of sp³-hybridized carbons (Fsp3) is 0.385. The summed E-state index contributed by atoms with van der Waals surface area (Å²) in [4.78, 5) is 22.2. The van der Waals surface area contributed by atoms with E-state index in [1.165, 1.54) is 0 Å². The van der Waals surface area contributed by atoms with Crippen molar-refractivity contribution >= 4 is 12.0 Å². The topological polar surface area (TPSA) is 98.7 Å². The van der Waals surface area contributed by atoms with E-state index in [2.05, 4.69) is 10.6 Å². The lowest BCUT2D eigenvalue weighted by Crippen LogP contribution is -2.48. The first-order valence-corrected chi connectivity index (χ1v) is 6.07. The van der Waals surface area contributed by atoms with Crippen molar-refractivity contribution in [2.45, 2.75) is 24.4 Å². The monoisotopic (exact) mass is 264 g/mol. The molecule has 6 heteroatoms. The van der Waals surface area contributed by atoms with Gasteiger partial charge >= 0.3 is 12.0 Å². The average Bonchev–Trinajstić information content (AvgIpc) is 3.16. The Morgan fingerprint density at radius 3 is 2.58 bits per heavy atom. The van der Waals surface area contributed by atoms with Crippen molar-refractivity contribution in [3.63, 3.8) is 0 Å². The average molecular weight is 264 g/mol. The second-order valence-electron chi connectivity index (χ2n) is 4.55.